The van der Waals surface area contributed by atoms with E-state index in [0.717, 1.165) is 32.5 Å². The Labute approximate surface area is 85.9 Å². The van der Waals surface area contributed by atoms with Gasteiger partial charge < -0.3 is 15.5 Å². The summed E-state index contributed by atoms with van der Waals surface area (Å²) in [5, 5.41) is 21.5. The molecule has 3 N–H and O–H groups in total. The summed E-state index contributed by atoms with van der Waals surface area (Å²) in [5.74, 6) is 0. The van der Waals surface area contributed by atoms with Gasteiger partial charge in [-0.15, -0.1) is 0 Å². The number of nitrogens with zero attached hydrogens (tertiary/aromatic N) is 1. The number of β-amino-alcohol motifs (C(OH)–C–C–N with tert-alkyl or cyclic N) is 1. The van der Waals surface area contributed by atoms with Crippen molar-refractivity contribution in [1.29, 1.82) is 0 Å². The third-order valence-electron chi connectivity index (χ3n) is 2.75. The molecule has 1 heterocycles. The first-order valence-electron chi connectivity index (χ1n) is 5.51. The van der Waals surface area contributed by atoms with Gasteiger partial charge >= 0.3 is 0 Å². The van der Waals surface area contributed by atoms with E-state index in [1.165, 1.54) is 0 Å². The van der Waals surface area contributed by atoms with Crippen molar-refractivity contribution in [2.24, 2.45) is 0 Å². The van der Waals surface area contributed by atoms with Gasteiger partial charge in [-0.3, -0.25) is 4.90 Å². The van der Waals surface area contributed by atoms with Crippen LogP contribution in [-0.4, -0.2) is 60.0 Å². The van der Waals surface area contributed by atoms with Gasteiger partial charge in [-0.2, -0.15) is 0 Å². The van der Waals surface area contributed by atoms with Crippen LogP contribution >= 0.6 is 0 Å². The van der Waals surface area contributed by atoms with Crippen LogP contribution in [0.2, 0.25) is 0 Å². The largest absolute Gasteiger partial charge is 0.394 e. The SMILES string of the molecule is CCCC1CNCCN1CC(O)CO. The van der Waals surface area contributed by atoms with Gasteiger partial charge in [-0.25, -0.2) is 0 Å². The number of hydrogen-bond acceptors (Lipinski definition) is 4. The average Bonchev–Trinajstić information content (AvgIpc) is 2.21. The highest BCUT2D eigenvalue weighted by Crippen LogP contribution is 2.09. The van der Waals surface area contributed by atoms with Crippen LogP contribution in [0.3, 0.4) is 0 Å². The minimum Gasteiger partial charge on any atom is -0.394 e. The van der Waals surface area contributed by atoms with Crippen LogP contribution in [0.1, 0.15) is 19.8 Å². The number of hydrogen-bond donors (Lipinski definition) is 3. The lowest BCUT2D eigenvalue weighted by atomic mass is 10.1. The van der Waals surface area contributed by atoms with Crippen molar-refractivity contribution < 1.29 is 10.2 Å². The summed E-state index contributed by atoms with van der Waals surface area (Å²) < 4.78 is 0. The molecule has 0 aromatic heterocycles. The van der Waals surface area contributed by atoms with Crippen molar-refractivity contribution in [2.45, 2.75) is 31.9 Å². The fourth-order valence-corrected chi connectivity index (χ4v) is 1.99. The molecule has 0 amide bonds. The van der Waals surface area contributed by atoms with Gasteiger partial charge in [0.2, 0.25) is 0 Å². The van der Waals surface area contributed by atoms with Gasteiger partial charge in [0.1, 0.15) is 0 Å². The molecule has 0 bridgehead atoms. The van der Waals surface area contributed by atoms with E-state index in [2.05, 4.69) is 17.1 Å². The fraction of sp³-hybridized carbons (Fsp3) is 1.00. The summed E-state index contributed by atoms with van der Waals surface area (Å²) in [7, 11) is 0. The van der Waals surface area contributed by atoms with E-state index in [1.807, 2.05) is 0 Å². The minimum absolute atomic E-state index is 0.136. The third kappa shape index (κ3) is 3.53. The van der Waals surface area contributed by atoms with Crippen LogP contribution in [-0.2, 0) is 0 Å². The normalized spacial score (nSPS) is 26.4. The zero-order chi connectivity index (χ0) is 10.4. The molecular formula is C10H22N2O2. The molecule has 2 unspecified atom stereocenters. The van der Waals surface area contributed by atoms with E-state index in [4.69, 9.17) is 5.11 Å². The highest BCUT2D eigenvalue weighted by atomic mass is 16.3. The molecule has 0 saturated carbocycles. The Bertz CT molecular complexity index is 153. The Kier molecular flexibility index (Phi) is 5.40. The van der Waals surface area contributed by atoms with Crippen LogP contribution in [0.15, 0.2) is 0 Å². The monoisotopic (exact) mass is 202 g/mol. The van der Waals surface area contributed by atoms with Crippen molar-refractivity contribution in [3.05, 3.63) is 0 Å². The van der Waals surface area contributed by atoms with E-state index < -0.39 is 6.10 Å². The lowest BCUT2D eigenvalue weighted by Crippen LogP contribution is -2.53. The van der Waals surface area contributed by atoms with E-state index in [0.29, 0.717) is 12.6 Å². The van der Waals surface area contributed by atoms with Crippen LogP contribution in [0, 0.1) is 0 Å². The van der Waals surface area contributed by atoms with Crippen LogP contribution in [0.25, 0.3) is 0 Å². The predicted molar refractivity (Wildman–Crippen MR) is 56.2 cm³/mol. The van der Waals surface area contributed by atoms with Crippen molar-refractivity contribution in [1.82, 2.24) is 10.2 Å². The van der Waals surface area contributed by atoms with E-state index >= 15 is 0 Å². The molecular weight excluding hydrogens is 180 g/mol. The predicted octanol–water partition coefficient (Wildman–Crippen LogP) is -0.586. The second kappa shape index (κ2) is 6.35. The van der Waals surface area contributed by atoms with Crippen molar-refractivity contribution in [2.75, 3.05) is 32.8 Å². The van der Waals surface area contributed by atoms with Crippen molar-refractivity contribution in [3.63, 3.8) is 0 Å². The average molecular weight is 202 g/mol. The second-order valence-electron chi connectivity index (χ2n) is 3.98. The maximum absolute atomic E-state index is 9.38. The second-order valence-corrected chi connectivity index (χ2v) is 3.98. The molecule has 84 valence electrons. The van der Waals surface area contributed by atoms with E-state index in [9.17, 15) is 5.11 Å². The lowest BCUT2D eigenvalue weighted by molar-refractivity contribution is 0.0353. The summed E-state index contributed by atoms with van der Waals surface area (Å²) in [5.41, 5.74) is 0. The highest BCUT2D eigenvalue weighted by molar-refractivity contribution is 4.80. The maximum atomic E-state index is 9.38. The lowest BCUT2D eigenvalue weighted by Gasteiger charge is -2.37. The van der Waals surface area contributed by atoms with Crippen LogP contribution in [0.4, 0.5) is 0 Å². The molecule has 1 fully saturated rings. The standard InChI is InChI=1S/C10H22N2O2/c1-2-3-9-6-11-4-5-12(9)7-10(14)8-13/h9-11,13-14H,2-8H2,1H3. The number of aliphatic hydroxyl groups excluding tert-OH is 2. The molecule has 1 rings (SSSR count). The van der Waals surface area contributed by atoms with Gasteiger partial charge in [0.05, 0.1) is 12.7 Å². The topological polar surface area (TPSA) is 55.7 Å². The first-order valence-corrected chi connectivity index (χ1v) is 5.51. The Morgan fingerprint density at radius 3 is 3.00 bits per heavy atom. The Balaban J connectivity index is 2.37. The summed E-state index contributed by atoms with van der Waals surface area (Å²) in [6, 6.07) is 0.523. The molecule has 1 saturated heterocycles. The molecule has 0 aliphatic carbocycles. The molecule has 0 aromatic carbocycles. The number of nitrogens with one attached hydrogen (secondary N) is 1. The minimum atomic E-state index is -0.590. The van der Waals surface area contributed by atoms with Gasteiger partial charge in [-0.1, -0.05) is 13.3 Å². The Hall–Kier alpha value is -0.160. The molecule has 14 heavy (non-hydrogen) atoms. The van der Waals surface area contributed by atoms with Crippen LogP contribution in [0.5, 0.6) is 0 Å². The highest BCUT2D eigenvalue weighted by Gasteiger charge is 2.22. The van der Waals surface area contributed by atoms with E-state index in [1.54, 1.807) is 0 Å². The molecule has 4 heteroatoms. The summed E-state index contributed by atoms with van der Waals surface area (Å²) in [6.45, 7) is 5.60. The van der Waals surface area contributed by atoms with Gasteiger partial charge in [0, 0.05) is 32.2 Å². The van der Waals surface area contributed by atoms with Gasteiger partial charge in [-0.05, 0) is 6.42 Å². The number of rotatable bonds is 5. The zero-order valence-corrected chi connectivity index (χ0v) is 8.95. The Morgan fingerprint density at radius 2 is 2.36 bits per heavy atom. The summed E-state index contributed by atoms with van der Waals surface area (Å²) in [6.07, 6.45) is 1.73. The zero-order valence-electron chi connectivity index (χ0n) is 8.95. The van der Waals surface area contributed by atoms with Crippen LogP contribution < -0.4 is 5.32 Å². The first kappa shape index (κ1) is 11.9. The molecule has 0 radical (unpaired) electrons. The fourth-order valence-electron chi connectivity index (χ4n) is 1.99. The maximum Gasteiger partial charge on any atom is 0.0897 e. The molecule has 0 spiro atoms. The van der Waals surface area contributed by atoms with Crippen molar-refractivity contribution >= 4 is 0 Å². The molecule has 1 aliphatic heterocycles. The molecule has 0 aromatic rings. The molecule has 1 aliphatic rings. The number of aliphatic hydroxyl groups is 2. The van der Waals surface area contributed by atoms with Gasteiger partial charge in [0.25, 0.3) is 0 Å². The smallest absolute Gasteiger partial charge is 0.0897 e. The quantitative estimate of drug-likeness (QED) is 0.558. The van der Waals surface area contributed by atoms with Crippen molar-refractivity contribution in [3.8, 4) is 0 Å². The Morgan fingerprint density at radius 1 is 1.57 bits per heavy atom. The molecule has 2 atom stereocenters. The summed E-state index contributed by atoms with van der Waals surface area (Å²) in [4.78, 5) is 2.28. The third-order valence-corrected chi connectivity index (χ3v) is 2.75. The first-order chi connectivity index (χ1) is 6.77. The van der Waals surface area contributed by atoms with Gasteiger partial charge in [0.15, 0.2) is 0 Å². The van der Waals surface area contributed by atoms with E-state index in [-0.39, 0.29) is 6.61 Å². The summed E-state index contributed by atoms with van der Waals surface area (Å²) >= 11 is 0. The molecule has 4 nitrogen and oxygen atoms in total. The number of piperazine rings is 1.